The van der Waals surface area contributed by atoms with Crippen LogP contribution in [0.3, 0.4) is 0 Å². The first-order valence-corrected chi connectivity index (χ1v) is 29.1. The van der Waals surface area contributed by atoms with Crippen molar-refractivity contribution in [2.75, 3.05) is 25.8 Å². The summed E-state index contributed by atoms with van der Waals surface area (Å²) < 4.78 is 61.7. The highest BCUT2D eigenvalue weighted by atomic mass is 32.2. The Morgan fingerprint density at radius 1 is 0.673 bits per heavy atom. The van der Waals surface area contributed by atoms with Crippen molar-refractivity contribution in [3.63, 3.8) is 0 Å². The minimum atomic E-state index is -3.60. The van der Waals surface area contributed by atoms with Gasteiger partial charge >= 0.3 is 0 Å². The second-order valence-corrected chi connectivity index (χ2v) is 31.9. The molecule has 0 aliphatic carbocycles. The summed E-state index contributed by atoms with van der Waals surface area (Å²) in [6.45, 7) is 23.8. The Morgan fingerprint density at radius 2 is 1.18 bits per heavy atom. The largest absolute Gasteiger partial charge is 0.409 e. The van der Waals surface area contributed by atoms with Gasteiger partial charge in [-0.15, -0.1) is 0 Å². The number of rotatable bonds is 26. The molecule has 0 heterocycles. The molecule has 0 amide bonds. The van der Waals surface area contributed by atoms with E-state index in [1.54, 1.807) is 24.3 Å². The summed E-state index contributed by atoms with van der Waals surface area (Å²) in [7, 11) is -9.33. The second-order valence-electron chi connectivity index (χ2n) is 14.8. The average Bonchev–Trinajstić information content (AvgIpc) is 3.09. The topological polar surface area (TPSA) is 80.3 Å². The van der Waals surface area contributed by atoms with Gasteiger partial charge in [0, 0.05) is 14.7 Å². The van der Waals surface area contributed by atoms with Gasteiger partial charge < -0.3 is 23.1 Å². The molecule has 0 saturated carbocycles. The van der Waals surface area contributed by atoms with E-state index in [1.807, 2.05) is 31.2 Å². The summed E-state index contributed by atoms with van der Waals surface area (Å²) in [4.78, 5) is 0.317. The molecule has 0 aliphatic rings. The summed E-state index contributed by atoms with van der Waals surface area (Å²) in [5, 5.41) is 0. The van der Waals surface area contributed by atoms with Gasteiger partial charge in [-0.1, -0.05) is 117 Å². The van der Waals surface area contributed by atoms with Gasteiger partial charge in [-0.05, 0) is 65.9 Å². The van der Waals surface area contributed by atoms with Crippen molar-refractivity contribution in [2.24, 2.45) is 5.92 Å². The van der Waals surface area contributed by atoms with Crippen molar-refractivity contribution in [3.8, 4) is 0 Å². The maximum absolute atomic E-state index is 13.8. The van der Waals surface area contributed by atoms with Crippen LogP contribution in [-0.4, -0.2) is 77.2 Å². The molecule has 7 nitrogen and oxygen atoms in total. The van der Waals surface area contributed by atoms with Crippen molar-refractivity contribution < 1.29 is 31.5 Å². The molecule has 280 valence electrons. The molecule has 0 radical (unpaired) electrons. The normalized spacial score (nSPS) is 15.6. The summed E-state index contributed by atoms with van der Waals surface area (Å²) in [5.41, 5.74) is 1.09. The van der Waals surface area contributed by atoms with Gasteiger partial charge in [-0.3, -0.25) is 0 Å². The second kappa shape index (κ2) is 21.4. The lowest BCUT2D eigenvalue weighted by Crippen LogP contribution is -2.57. The molecule has 0 spiro atoms. The highest BCUT2D eigenvalue weighted by Crippen LogP contribution is 2.34. The van der Waals surface area contributed by atoms with Crippen molar-refractivity contribution >= 4 is 34.5 Å². The zero-order valence-corrected chi connectivity index (χ0v) is 36.2. The molecule has 0 bridgehead atoms. The molecule has 0 saturated heterocycles. The van der Waals surface area contributed by atoms with Crippen LogP contribution < -0.4 is 0 Å². The molecule has 2 rings (SSSR count). The quantitative estimate of drug-likeness (QED) is 0.0538. The average molecular weight is 753 g/mol. The molecule has 0 aromatic heterocycles. The molecular weight excluding hydrogens is 685 g/mol. The third-order valence-electron chi connectivity index (χ3n) is 10.2. The molecule has 0 unspecified atom stereocenters. The SMILES string of the molecule is CC[Si](CC)(CC)O[C@H]([C@H](OCOCC[Si](C)(C)C)[C@H](C)CS(=O)(=O)c1ccccc1)[C@H](COCc1ccccc1)O[Si](CC)(CC)CC. The Hall–Kier alpha value is -1.16. The van der Waals surface area contributed by atoms with Gasteiger partial charge in [-0.25, -0.2) is 8.42 Å². The highest BCUT2D eigenvalue weighted by Gasteiger charge is 2.45. The third-order valence-corrected chi connectivity index (χ3v) is 23.2. The van der Waals surface area contributed by atoms with Crippen LogP contribution in [0.1, 0.15) is 54.0 Å². The molecular formula is C38H68O7SSi3. The first-order chi connectivity index (χ1) is 23.2. The molecule has 4 atom stereocenters. The van der Waals surface area contributed by atoms with Crippen LogP contribution in [-0.2, 0) is 39.5 Å². The van der Waals surface area contributed by atoms with E-state index in [9.17, 15) is 8.42 Å². The van der Waals surface area contributed by atoms with Crippen LogP contribution in [0.2, 0.25) is 61.9 Å². The number of sulfone groups is 1. The first kappa shape index (κ1) is 44.0. The van der Waals surface area contributed by atoms with Crippen LogP contribution in [0.5, 0.6) is 0 Å². The fourth-order valence-electron chi connectivity index (χ4n) is 6.34. The first-order valence-electron chi connectivity index (χ1n) is 18.7. The van der Waals surface area contributed by atoms with Crippen molar-refractivity contribution in [1.82, 2.24) is 0 Å². The fraction of sp³-hybridized carbons (Fsp3) is 0.684. The standard InChI is InChI=1S/C38H68O7SSi3/c1-11-48(12-2,13-3)44-36(30-42-29-34-23-19-17-20-24-34)38(45-49(14-4,15-5)16-6)37(43-32-41-27-28-47(8,9)10)33(7)31-46(39,40)35-25-21-18-22-26-35/h17-26,33,36-38H,11-16,27-32H2,1-10H3/t33-,36+,37-,38+/m1/s1. The van der Waals surface area contributed by atoms with E-state index in [0.29, 0.717) is 24.7 Å². The smallest absolute Gasteiger partial charge is 0.192 e. The third kappa shape index (κ3) is 14.4. The lowest BCUT2D eigenvalue weighted by Gasteiger charge is -2.45. The Morgan fingerprint density at radius 3 is 1.69 bits per heavy atom. The van der Waals surface area contributed by atoms with Crippen LogP contribution in [0, 0.1) is 5.92 Å². The van der Waals surface area contributed by atoms with E-state index < -0.39 is 58.8 Å². The van der Waals surface area contributed by atoms with Crippen molar-refractivity contribution in [1.29, 1.82) is 0 Å². The van der Waals surface area contributed by atoms with Crippen LogP contribution in [0.25, 0.3) is 0 Å². The maximum atomic E-state index is 13.8. The number of hydrogen-bond acceptors (Lipinski definition) is 7. The van der Waals surface area contributed by atoms with E-state index in [0.717, 1.165) is 47.9 Å². The zero-order valence-electron chi connectivity index (χ0n) is 32.3. The molecule has 2 aromatic rings. The van der Waals surface area contributed by atoms with Crippen LogP contribution in [0.4, 0.5) is 0 Å². The molecule has 0 aliphatic heterocycles. The Labute approximate surface area is 303 Å². The lowest BCUT2D eigenvalue weighted by molar-refractivity contribution is -0.159. The highest BCUT2D eigenvalue weighted by molar-refractivity contribution is 7.91. The van der Waals surface area contributed by atoms with Crippen molar-refractivity contribution in [3.05, 3.63) is 66.2 Å². The van der Waals surface area contributed by atoms with Gasteiger partial charge in [0.2, 0.25) is 0 Å². The van der Waals surface area contributed by atoms with Gasteiger partial charge in [0.15, 0.2) is 26.5 Å². The number of ether oxygens (including phenoxy) is 3. The van der Waals surface area contributed by atoms with E-state index in [1.165, 1.54) is 0 Å². The summed E-state index contributed by atoms with van der Waals surface area (Å²) in [5.74, 6) is -0.487. The van der Waals surface area contributed by atoms with Crippen LogP contribution >= 0.6 is 0 Å². The monoisotopic (exact) mass is 752 g/mol. The summed E-state index contributed by atoms with van der Waals surface area (Å²) in [6.07, 6.45) is -1.55. The lowest BCUT2D eigenvalue weighted by atomic mass is 9.98. The molecule has 11 heteroatoms. The van der Waals surface area contributed by atoms with E-state index in [-0.39, 0.29) is 12.5 Å². The molecule has 0 fully saturated rings. The Bertz CT molecular complexity index is 1250. The van der Waals surface area contributed by atoms with Gasteiger partial charge in [0.25, 0.3) is 0 Å². The fourth-order valence-corrected chi connectivity index (χ4v) is 14.4. The predicted molar refractivity (Wildman–Crippen MR) is 212 cm³/mol. The van der Waals surface area contributed by atoms with Gasteiger partial charge in [0.05, 0.1) is 42.2 Å². The van der Waals surface area contributed by atoms with Gasteiger partial charge in [0.1, 0.15) is 6.79 Å². The van der Waals surface area contributed by atoms with Crippen molar-refractivity contribution in [2.45, 2.75) is 140 Å². The van der Waals surface area contributed by atoms with E-state index in [4.69, 9.17) is 23.1 Å². The summed E-state index contributed by atoms with van der Waals surface area (Å²) >= 11 is 0. The Balaban J connectivity index is 2.63. The minimum absolute atomic E-state index is 0.0686. The Kier molecular flexibility index (Phi) is 19.2. The minimum Gasteiger partial charge on any atom is -0.409 e. The van der Waals surface area contributed by atoms with E-state index >= 15 is 0 Å². The van der Waals surface area contributed by atoms with Crippen LogP contribution in [0.15, 0.2) is 65.6 Å². The number of benzene rings is 2. The molecule has 0 N–H and O–H groups in total. The van der Waals surface area contributed by atoms with E-state index in [2.05, 4.69) is 73.3 Å². The maximum Gasteiger partial charge on any atom is 0.192 e. The van der Waals surface area contributed by atoms with Gasteiger partial charge in [-0.2, -0.15) is 0 Å². The predicted octanol–water partition coefficient (Wildman–Crippen LogP) is 9.79. The molecule has 49 heavy (non-hydrogen) atoms. The summed E-state index contributed by atoms with van der Waals surface area (Å²) in [6, 6.07) is 25.7. The zero-order chi connectivity index (χ0) is 36.6. The number of hydrogen-bond donors (Lipinski definition) is 0. The molecule has 2 aromatic carbocycles.